The molecule has 0 fully saturated rings. The van der Waals surface area contributed by atoms with E-state index in [1.165, 1.54) is 28.5 Å². The molecule has 0 bridgehead atoms. The molecule has 1 unspecified atom stereocenters. The predicted molar refractivity (Wildman–Crippen MR) is 60.8 cm³/mol. The van der Waals surface area contributed by atoms with Crippen LogP contribution in [0.25, 0.3) is 0 Å². The van der Waals surface area contributed by atoms with E-state index in [2.05, 4.69) is 42.0 Å². The molecule has 0 aliphatic heterocycles. The van der Waals surface area contributed by atoms with Gasteiger partial charge in [0.25, 0.3) is 0 Å². The lowest BCUT2D eigenvalue weighted by atomic mass is 10.00. The number of hydrogen-bond donors (Lipinski definition) is 0. The van der Waals surface area contributed by atoms with Crippen LogP contribution in [0.15, 0.2) is 0 Å². The third-order valence-electron chi connectivity index (χ3n) is 1.72. The first-order chi connectivity index (χ1) is 5.20. The average molecular weight is 288 g/mol. The van der Waals surface area contributed by atoms with E-state index < -0.39 is 0 Å². The highest BCUT2D eigenvalue weighted by atomic mass is 127. The Kier molecular flexibility index (Phi) is 8.40. The topological polar surface area (TPSA) is 9.23 Å². The Labute approximate surface area is 86.4 Å². The molecule has 0 rings (SSSR count). The van der Waals surface area contributed by atoms with Crippen molar-refractivity contribution in [3.05, 3.63) is 0 Å². The van der Waals surface area contributed by atoms with Gasteiger partial charge in [-0.3, -0.25) is 0 Å². The maximum Gasteiger partial charge on any atom is 0.0706 e. The summed E-state index contributed by atoms with van der Waals surface area (Å²) in [4.78, 5) is 0. The Balaban J connectivity index is 3.32. The van der Waals surface area contributed by atoms with E-state index >= 15 is 0 Å². The monoisotopic (exact) mass is 288 g/mol. The Morgan fingerprint density at radius 2 is 2.09 bits per heavy atom. The van der Waals surface area contributed by atoms with Crippen molar-refractivity contribution in [2.24, 2.45) is 5.92 Å². The largest absolute Gasteiger partial charge is 0.302 e. The Morgan fingerprint density at radius 1 is 1.45 bits per heavy atom. The molecule has 0 aromatic rings. The quantitative estimate of drug-likeness (QED) is 0.534. The van der Waals surface area contributed by atoms with Gasteiger partial charge in [0.15, 0.2) is 0 Å². The van der Waals surface area contributed by atoms with Gasteiger partial charge in [-0.15, -0.1) is 0 Å². The van der Waals surface area contributed by atoms with Crippen LogP contribution in [-0.2, 0) is 4.18 Å². The molecule has 68 valence electrons. The van der Waals surface area contributed by atoms with Gasteiger partial charge in [0, 0.05) is 21.2 Å². The van der Waals surface area contributed by atoms with Crippen LogP contribution in [0.2, 0.25) is 0 Å². The molecular weight excluding hydrogens is 271 g/mol. The third kappa shape index (κ3) is 7.40. The molecule has 0 saturated heterocycles. The van der Waals surface area contributed by atoms with Gasteiger partial charge in [-0.25, -0.2) is 0 Å². The molecular formula is C8H17IOS. The minimum atomic E-state index is 0.401. The van der Waals surface area contributed by atoms with Gasteiger partial charge >= 0.3 is 0 Å². The second-order valence-corrected chi connectivity index (χ2v) is 4.50. The summed E-state index contributed by atoms with van der Waals surface area (Å²) in [5.41, 5.74) is 0. The highest BCUT2D eigenvalue weighted by molar-refractivity contribution is 14.2. The highest BCUT2D eigenvalue weighted by Gasteiger charge is 2.07. The van der Waals surface area contributed by atoms with Crippen LogP contribution in [0.5, 0.6) is 0 Å². The fraction of sp³-hybridized carbons (Fsp3) is 1.00. The maximum atomic E-state index is 5.36. The summed E-state index contributed by atoms with van der Waals surface area (Å²) in [6.07, 6.45) is 4.19. The van der Waals surface area contributed by atoms with Crippen LogP contribution in [0.4, 0.5) is 0 Å². The van der Waals surface area contributed by atoms with Crippen molar-refractivity contribution < 1.29 is 4.18 Å². The predicted octanol–water partition coefficient (Wildman–Crippen LogP) is 4.22. The second kappa shape index (κ2) is 7.68. The number of rotatable bonds is 6. The van der Waals surface area contributed by atoms with Crippen molar-refractivity contribution in [3.63, 3.8) is 0 Å². The molecule has 0 spiro atoms. The van der Waals surface area contributed by atoms with Crippen LogP contribution in [0.3, 0.4) is 0 Å². The summed E-state index contributed by atoms with van der Waals surface area (Å²) in [6, 6.07) is 0. The first-order valence-electron chi connectivity index (χ1n) is 4.14. The molecule has 0 heterocycles. The van der Waals surface area contributed by atoms with Crippen molar-refractivity contribution in [1.82, 2.24) is 0 Å². The zero-order chi connectivity index (χ0) is 8.69. The fourth-order valence-electron chi connectivity index (χ4n) is 1.28. The molecule has 0 aromatic heterocycles. The van der Waals surface area contributed by atoms with Crippen molar-refractivity contribution in [3.8, 4) is 0 Å². The van der Waals surface area contributed by atoms with E-state index in [1.807, 2.05) is 0 Å². The lowest BCUT2D eigenvalue weighted by Crippen LogP contribution is -2.08. The van der Waals surface area contributed by atoms with Crippen molar-refractivity contribution in [2.45, 2.75) is 46.1 Å². The van der Waals surface area contributed by atoms with Gasteiger partial charge in [0.1, 0.15) is 0 Å². The molecule has 0 aliphatic rings. The lowest BCUT2D eigenvalue weighted by Gasteiger charge is -2.14. The van der Waals surface area contributed by atoms with Crippen molar-refractivity contribution >= 4 is 30.4 Å². The maximum absolute atomic E-state index is 5.36. The standard InChI is InChI=1S/C8H17IOS/c1-4-5-7(2)6-8(3)10-11-9/h7-8H,4-6H2,1-3H3/t7-,8?/m0/s1. The molecule has 1 nitrogen and oxygen atoms in total. The van der Waals surface area contributed by atoms with Crippen LogP contribution in [0, 0.1) is 5.92 Å². The minimum absolute atomic E-state index is 0.401. The molecule has 0 aliphatic carbocycles. The van der Waals surface area contributed by atoms with Crippen molar-refractivity contribution in [1.29, 1.82) is 0 Å². The Hall–Kier alpha value is 1.04. The summed E-state index contributed by atoms with van der Waals surface area (Å²) in [5.74, 6) is 0.804. The minimum Gasteiger partial charge on any atom is -0.302 e. The Morgan fingerprint density at radius 3 is 2.55 bits per heavy atom. The van der Waals surface area contributed by atoms with E-state index in [0.717, 1.165) is 5.92 Å². The summed E-state index contributed by atoms with van der Waals surface area (Å²) in [7, 11) is 1.44. The lowest BCUT2D eigenvalue weighted by molar-refractivity contribution is 0.223. The van der Waals surface area contributed by atoms with E-state index in [4.69, 9.17) is 4.18 Å². The third-order valence-corrected chi connectivity index (χ3v) is 2.74. The number of halogens is 1. The second-order valence-electron chi connectivity index (χ2n) is 3.10. The zero-order valence-electron chi connectivity index (χ0n) is 7.47. The van der Waals surface area contributed by atoms with Crippen LogP contribution >= 0.6 is 30.4 Å². The van der Waals surface area contributed by atoms with Crippen LogP contribution in [0.1, 0.15) is 40.0 Å². The molecule has 2 atom stereocenters. The summed E-state index contributed by atoms with van der Waals surface area (Å²) in [5, 5.41) is 0. The summed E-state index contributed by atoms with van der Waals surface area (Å²) in [6.45, 7) is 6.66. The van der Waals surface area contributed by atoms with E-state index in [-0.39, 0.29) is 0 Å². The zero-order valence-corrected chi connectivity index (χ0v) is 10.4. The molecule has 0 aromatic carbocycles. The van der Waals surface area contributed by atoms with Crippen LogP contribution < -0.4 is 0 Å². The Bertz CT molecular complexity index is 80.2. The molecule has 0 amide bonds. The normalized spacial score (nSPS) is 16.4. The molecule has 11 heavy (non-hydrogen) atoms. The average Bonchev–Trinajstić information content (AvgIpc) is 1.87. The van der Waals surface area contributed by atoms with Crippen molar-refractivity contribution in [2.75, 3.05) is 0 Å². The first kappa shape index (κ1) is 12.0. The van der Waals surface area contributed by atoms with Gasteiger partial charge in [-0.2, -0.15) is 0 Å². The van der Waals surface area contributed by atoms with Crippen LogP contribution in [-0.4, -0.2) is 6.10 Å². The smallest absolute Gasteiger partial charge is 0.0706 e. The summed E-state index contributed by atoms with van der Waals surface area (Å²) < 4.78 is 5.36. The van der Waals surface area contributed by atoms with Gasteiger partial charge < -0.3 is 4.18 Å². The first-order valence-corrected chi connectivity index (χ1v) is 7.43. The van der Waals surface area contributed by atoms with E-state index in [1.54, 1.807) is 0 Å². The summed E-state index contributed by atoms with van der Waals surface area (Å²) >= 11 is 2.17. The molecule has 3 heteroatoms. The highest BCUT2D eigenvalue weighted by Crippen LogP contribution is 2.21. The fourth-order valence-corrected chi connectivity index (χ4v) is 2.54. The SMILES string of the molecule is CCC[C@H](C)CC(C)OSI. The van der Waals surface area contributed by atoms with Gasteiger partial charge in [-0.05, 0) is 19.3 Å². The van der Waals surface area contributed by atoms with Gasteiger partial charge in [0.05, 0.1) is 15.3 Å². The number of hydrogen-bond acceptors (Lipinski definition) is 2. The molecule has 0 saturated carbocycles. The molecule has 0 N–H and O–H groups in total. The molecule has 0 radical (unpaired) electrons. The van der Waals surface area contributed by atoms with Gasteiger partial charge in [-0.1, -0.05) is 26.7 Å². The van der Waals surface area contributed by atoms with E-state index in [9.17, 15) is 0 Å². The van der Waals surface area contributed by atoms with Gasteiger partial charge in [0.2, 0.25) is 0 Å². The van der Waals surface area contributed by atoms with E-state index in [0.29, 0.717) is 6.10 Å².